The van der Waals surface area contributed by atoms with Gasteiger partial charge in [0.05, 0.1) is 10.9 Å². The molecule has 0 unspecified atom stereocenters. The van der Waals surface area contributed by atoms with Crippen LogP contribution in [0.4, 0.5) is 5.69 Å². The Kier molecular flexibility index (Phi) is 4.27. The van der Waals surface area contributed by atoms with Crippen molar-refractivity contribution >= 4 is 22.5 Å². The Labute approximate surface area is 155 Å². The van der Waals surface area contributed by atoms with Gasteiger partial charge >= 0.3 is 0 Å². The summed E-state index contributed by atoms with van der Waals surface area (Å²) in [6, 6.07) is 12.1. The summed E-state index contributed by atoms with van der Waals surface area (Å²) in [7, 11) is 0. The zero-order chi connectivity index (χ0) is 19.0. The molecule has 0 atom stereocenters. The molecule has 0 aliphatic carbocycles. The maximum Gasteiger partial charge on any atom is 0.258 e. The number of hydrogen-bond donors (Lipinski definition) is 2. The van der Waals surface area contributed by atoms with E-state index < -0.39 is 0 Å². The number of nitrogens with zero attached hydrogens (tertiary/aromatic N) is 3. The molecule has 0 spiro atoms. The molecule has 2 N–H and O–H groups in total. The van der Waals surface area contributed by atoms with Crippen molar-refractivity contribution in [3.05, 3.63) is 64.2 Å². The van der Waals surface area contributed by atoms with Crippen molar-refractivity contribution in [1.82, 2.24) is 14.9 Å². The molecule has 7 nitrogen and oxygen atoms in total. The smallest absolute Gasteiger partial charge is 0.258 e. The lowest BCUT2D eigenvalue weighted by molar-refractivity contribution is 0.0747. The number of carbonyl (C=O) groups is 1. The van der Waals surface area contributed by atoms with E-state index in [2.05, 4.69) is 14.9 Å². The van der Waals surface area contributed by atoms with Crippen molar-refractivity contribution in [2.75, 3.05) is 31.1 Å². The monoisotopic (exact) mass is 364 g/mol. The number of aromatic amines is 1. The minimum atomic E-state index is -0.198. The van der Waals surface area contributed by atoms with Crippen LogP contribution in [0.2, 0.25) is 0 Å². The van der Waals surface area contributed by atoms with Crippen LogP contribution in [0.25, 0.3) is 10.9 Å². The minimum Gasteiger partial charge on any atom is -0.508 e. The number of hydrogen-bond acceptors (Lipinski definition) is 5. The van der Waals surface area contributed by atoms with Crippen LogP contribution in [0, 0.1) is 6.92 Å². The number of aromatic nitrogens is 2. The third kappa shape index (κ3) is 3.36. The van der Waals surface area contributed by atoms with Gasteiger partial charge in [0.15, 0.2) is 0 Å². The third-order valence-electron chi connectivity index (χ3n) is 4.83. The number of aromatic hydroxyl groups is 1. The maximum absolute atomic E-state index is 12.9. The van der Waals surface area contributed by atoms with Gasteiger partial charge in [-0.25, -0.2) is 4.98 Å². The number of carbonyl (C=O) groups excluding carboxylic acids is 1. The first-order valence-electron chi connectivity index (χ1n) is 8.85. The highest BCUT2D eigenvalue weighted by Crippen LogP contribution is 2.22. The van der Waals surface area contributed by atoms with Crippen LogP contribution >= 0.6 is 0 Å². The number of anilines is 1. The van der Waals surface area contributed by atoms with Crippen molar-refractivity contribution < 1.29 is 9.90 Å². The van der Waals surface area contributed by atoms with Gasteiger partial charge in [-0.3, -0.25) is 9.59 Å². The summed E-state index contributed by atoms with van der Waals surface area (Å²) in [6.45, 7) is 4.29. The number of rotatable bonds is 2. The largest absolute Gasteiger partial charge is 0.508 e. The zero-order valence-corrected chi connectivity index (χ0v) is 15.0. The minimum absolute atomic E-state index is 0.0628. The van der Waals surface area contributed by atoms with Crippen LogP contribution in [0.15, 0.2) is 47.3 Å². The maximum atomic E-state index is 12.9. The number of nitrogens with one attached hydrogen (secondary N) is 1. The lowest BCUT2D eigenvalue weighted by atomic mass is 10.1. The van der Waals surface area contributed by atoms with Gasteiger partial charge < -0.3 is 19.9 Å². The fraction of sp³-hybridized carbons (Fsp3) is 0.250. The Morgan fingerprint density at radius 2 is 1.89 bits per heavy atom. The normalized spacial score (nSPS) is 14.6. The number of aryl methyl sites for hydroxylation is 1. The first kappa shape index (κ1) is 17.1. The quantitative estimate of drug-likeness (QED) is 0.725. The Balaban J connectivity index is 1.51. The predicted octanol–water partition coefficient (Wildman–Crippen LogP) is 1.90. The van der Waals surface area contributed by atoms with Gasteiger partial charge in [0.25, 0.3) is 11.5 Å². The summed E-state index contributed by atoms with van der Waals surface area (Å²) in [5.74, 6) is 0.698. The molecule has 7 heteroatoms. The van der Waals surface area contributed by atoms with Gasteiger partial charge in [0, 0.05) is 43.5 Å². The first-order chi connectivity index (χ1) is 13.0. The number of amides is 1. The van der Waals surface area contributed by atoms with Gasteiger partial charge in [0.2, 0.25) is 0 Å². The fourth-order valence-corrected chi connectivity index (χ4v) is 3.43. The number of phenols is 1. The molecule has 1 amide bonds. The number of phenolic OH excluding ortho intramolecular Hbond substituents is 1. The molecule has 2 heterocycles. The average Bonchev–Trinajstić information content (AvgIpc) is 2.67. The van der Waals surface area contributed by atoms with E-state index in [1.165, 1.54) is 0 Å². The molecule has 0 bridgehead atoms. The first-order valence-corrected chi connectivity index (χ1v) is 8.85. The number of benzene rings is 2. The molecule has 1 aliphatic rings. The highest BCUT2D eigenvalue weighted by Gasteiger charge is 2.23. The molecule has 0 saturated carbocycles. The van der Waals surface area contributed by atoms with E-state index in [0.29, 0.717) is 48.5 Å². The second kappa shape index (κ2) is 6.75. The van der Waals surface area contributed by atoms with Crippen LogP contribution in [0.5, 0.6) is 5.75 Å². The molecule has 4 rings (SSSR count). The summed E-state index contributed by atoms with van der Waals surface area (Å²) >= 11 is 0. The molecule has 2 aromatic carbocycles. The Morgan fingerprint density at radius 1 is 1.11 bits per heavy atom. The molecule has 1 aliphatic heterocycles. The Morgan fingerprint density at radius 3 is 2.63 bits per heavy atom. The fourth-order valence-electron chi connectivity index (χ4n) is 3.43. The van der Waals surface area contributed by atoms with E-state index in [9.17, 15) is 14.7 Å². The van der Waals surface area contributed by atoms with Crippen LogP contribution in [0.1, 0.15) is 16.2 Å². The lowest BCUT2D eigenvalue weighted by Crippen LogP contribution is -2.48. The second-order valence-corrected chi connectivity index (χ2v) is 6.68. The van der Waals surface area contributed by atoms with Gasteiger partial charge in [-0.15, -0.1) is 0 Å². The van der Waals surface area contributed by atoms with Crippen LogP contribution in [-0.4, -0.2) is 52.1 Å². The average molecular weight is 364 g/mol. The summed E-state index contributed by atoms with van der Waals surface area (Å²) in [6.07, 6.45) is 0. The highest BCUT2D eigenvalue weighted by molar-refractivity contribution is 5.97. The zero-order valence-electron chi connectivity index (χ0n) is 15.0. The molecule has 1 aromatic heterocycles. The number of fused-ring (bicyclic) bond motifs is 1. The van der Waals surface area contributed by atoms with Crippen molar-refractivity contribution in [3.63, 3.8) is 0 Å². The molecular weight excluding hydrogens is 344 g/mol. The molecule has 1 fully saturated rings. The lowest BCUT2D eigenvalue weighted by Gasteiger charge is -2.36. The van der Waals surface area contributed by atoms with Gasteiger partial charge in [-0.1, -0.05) is 6.07 Å². The van der Waals surface area contributed by atoms with Gasteiger partial charge in [0.1, 0.15) is 11.6 Å². The van der Waals surface area contributed by atoms with Crippen molar-refractivity contribution in [2.24, 2.45) is 0 Å². The summed E-state index contributed by atoms with van der Waals surface area (Å²) in [5.41, 5.74) is 1.81. The van der Waals surface area contributed by atoms with E-state index in [1.807, 2.05) is 12.1 Å². The van der Waals surface area contributed by atoms with E-state index in [1.54, 1.807) is 42.2 Å². The summed E-state index contributed by atoms with van der Waals surface area (Å²) in [4.78, 5) is 35.8. The van der Waals surface area contributed by atoms with Crippen LogP contribution < -0.4 is 10.5 Å². The van der Waals surface area contributed by atoms with E-state index in [0.717, 1.165) is 5.69 Å². The van der Waals surface area contributed by atoms with Crippen molar-refractivity contribution in [1.29, 1.82) is 0 Å². The molecule has 3 aromatic rings. The summed E-state index contributed by atoms with van der Waals surface area (Å²) < 4.78 is 0. The van der Waals surface area contributed by atoms with E-state index >= 15 is 0 Å². The SMILES string of the molecule is Cc1nc2cc(C(=O)N3CCN(c4cccc(O)c4)CC3)ccc2c(=O)[nH]1. The molecular formula is C20H20N4O3. The third-order valence-corrected chi connectivity index (χ3v) is 4.83. The van der Waals surface area contributed by atoms with E-state index in [4.69, 9.17) is 0 Å². The van der Waals surface area contributed by atoms with Gasteiger partial charge in [-0.05, 0) is 37.3 Å². The van der Waals surface area contributed by atoms with E-state index in [-0.39, 0.29) is 17.2 Å². The van der Waals surface area contributed by atoms with Crippen molar-refractivity contribution in [3.8, 4) is 5.75 Å². The van der Waals surface area contributed by atoms with Crippen LogP contribution in [-0.2, 0) is 0 Å². The topological polar surface area (TPSA) is 89.5 Å². The molecule has 138 valence electrons. The number of H-pyrrole nitrogens is 1. The Bertz CT molecular complexity index is 1070. The second-order valence-electron chi connectivity index (χ2n) is 6.68. The van der Waals surface area contributed by atoms with Gasteiger partial charge in [-0.2, -0.15) is 0 Å². The van der Waals surface area contributed by atoms with Crippen molar-refractivity contribution in [2.45, 2.75) is 6.92 Å². The molecule has 0 radical (unpaired) electrons. The summed E-state index contributed by atoms with van der Waals surface area (Å²) in [5, 5.41) is 10.1. The standard InChI is InChI=1S/C20H20N4O3/c1-13-21-18-11-14(5-6-17(18)19(26)22-13)20(27)24-9-7-23(8-10-24)15-3-2-4-16(25)12-15/h2-6,11-12,25H,7-10H2,1H3,(H,21,22,26). The predicted molar refractivity (Wildman–Crippen MR) is 103 cm³/mol. The highest BCUT2D eigenvalue weighted by atomic mass is 16.3. The Hall–Kier alpha value is -3.35. The van der Waals surface area contributed by atoms with Crippen LogP contribution in [0.3, 0.4) is 0 Å². The number of piperazine rings is 1. The molecule has 1 saturated heterocycles. The molecule has 27 heavy (non-hydrogen) atoms.